The monoisotopic (exact) mass is 462 g/mol. The summed E-state index contributed by atoms with van der Waals surface area (Å²) in [5.41, 5.74) is 1.17. The Morgan fingerprint density at radius 3 is 2.66 bits per heavy atom. The van der Waals surface area contributed by atoms with Crippen LogP contribution in [0.15, 0.2) is 12.1 Å². The summed E-state index contributed by atoms with van der Waals surface area (Å²) in [6.07, 6.45) is 2.37. The van der Waals surface area contributed by atoms with E-state index >= 15 is 0 Å². The Morgan fingerprint density at radius 1 is 1.34 bits per heavy atom. The number of benzene rings is 1. The molecule has 3 rings (SSSR count). The van der Waals surface area contributed by atoms with Gasteiger partial charge in [0.15, 0.2) is 0 Å². The SMILES string of the molecule is CCC(=O)NCCN1C(=O)C(C)(C)c2cc(Cl)c(C(=O)N(C(C)C)C3CCCNC3)cc21. The normalized spacial score (nSPS) is 19.8. The van der Waals surface area contributed by atoms with Crippen molar-refractivity contribution in [1.82, 2.24) is 15.5 Å². The van der Waals surface area contributed by atoms with E-state index in [2.05, 4.69) is 10.6 Å². The molecule has 0 radical (unpaired) electrons. The molecule has 0 aromatic heterocycles. The summed E-state index contributed by atoms with van der Waals surface area (Å²) in [5.74, 6) is -0.231. The zero-order valence-corrected chi connectivity index (χ0v) is 20.5. The van der Waals surface area contributed by atoms with Gasteiger partial charge in [-0.25, -0.2) is 0 Å². The largest absolute Gasteiger partial charge is 0.354 e. The number of hydrogen-bond acceptors (Lipinski definition) is 4. The molecule has 2 heterocycles. The van der Waals surface area contributed by atoms with E-state index in [1.54, 1.807) is 24.0 Å². The maximum atomic E-state index is 13.7. The van der Waals surface area contributed by atoms with Gasteiger partial charge in [0, 0.05) is 43.8 Å². The lowest BCUT2D eigenvalue weighted by Gasteiger charge is -2.38. The van der Waals surface area contributed by atoms with Crippen molar-refractivity contribution in [2.75, 3.05) is 31.1 Å². The van der Waals surface area contributed by atoms with Crippen LogP contribution >= 0.6 is 11.6 Å². The van der Waals surface area contributed by atoms with Crippen molar-refractivity contribution < 1.29 is 14.4 Å². The summed E-state index contributed by atoms with van der Waals surface area (Å²) in [6.45, 7) is 12.0. The number of nitrogens with one attached hydrogen (secondary N) is 2. The Hall–Kier alpha value is -2.12. The first-order valence-corrected chi connectivity index (χ1v) is 11.9. The highest BCUT2D eigenvalue weighted by atomic mass is 35.5. The lowest BCUT2D eigenvalue weighted by Crippen LogP contribution is -2.51. The van der Waals surface area contributed by atoms with Gasteiger partial charge in [0.25, 0.3) is 5.91 Å². The molecule has 0 aliphatic carbocycles. The van der Waals surface area contributed by atoms with Gasteiger partial charge in [-0.15, -0.1) is 0 Å². The second-order valence-corrected chi connectivity index (χ2v) is 9.85. The van der Waals surface area contributed by atoms with Crippen molar-refractivity contribution in [3.05, 3.63) is 28.3 Å². The van der Waals surface area contributed by atoms with Gasteiger partial charge < -0.3 is 20.4 Å². The number of rotatable bonds is 7. The standard InChI is InChI=1S/C24H35ClN4O3/c1-6-21(30)27-10-11-28-20-12-17(19(25)13-18(20)24(4,5)23(28)32)22(31)29(15(2)3)16-8-7-9-26-14-16/h12-13,15-16,26H,6-11,14H2,1-5H3,(H,27,30). The van der Waals surface area contributed by atoms with Crippen molar-refractivity contribution in [2.24, 2.45) is 0 Å². The van der Waals surface area contributed by atoms with Gasteiger partial charge in [0.2, 0.25) is 11.8 Å². The second-order valence-electron chi connectivity index (χ2n) is 9.44. The highest BCUT2D eigenvalue weighted by Gasteiger charge is 2.45. The molecule has 176 valence electrons. The van der Waals surface area contributed by atoms with Crippen molar-refractivity contribution in [1.29, 1.82) is 0 Å². The fraction of sp³-hybridized carbons (Fsp3) is 0.625. The van der Waals surface area contributed by atoms with E-state index < -0.39 is 5.41 Å². The van der Waals surface area contributed by atoms with Crippen LogP contribution in [0.5, 0.6) is 0 Å². The molecule has 2 aliphatic heterocycles. The highest BCUT2D eigenvalue weighted by Crippen LogP contribution is 2.44. The molecule has 2 aliphatic rings. The fourth-order valence-electron chi connectivity index (χ4n) is 4.70. The third-order valence-electron chi connectivity index (χ3n) is 6.49. The number of amides is 3. The topological polar surface area (TPSA) is 81.8 Å². The van der Waals surface area contributed by atoms with E-state index in [9.17, 15) is 14.4 Å². The van der Waals surface area contributed by atoms with Gasteiger partial charge in [-0.3, -0.25) is 14.4 Å². The van der Waals surface area contributed by atoms with Crippen molar-refractivity contribution in [3.8, 4) is 0 Å². The molecule has 1 aromatic rings. The zero-order chi connectivity index (χ0) is 23.6. The summed E-state index contributed by atoms with van der Waals surface area (Å²) in [4.78, 5) is 42.0. The average Bonchev–Trinajstić information content (AvgIpc) is 2.93. The Bertz CT molecular complexity index is 893. The van der Waals surface area contributed by atoms with Crippen LogP contribution in [0.2, 0.25) is 5.02 Å². The maximum Gasteiger partial charge on any atom is 0.255 e. The van der Waals surface area contributed by atoms with Crippen LogP contribution in [0.3, 0.4) is 0 Å². The number of hydrogen-bond donors (Lipinski definition) is 2. The average molecular weight is 463 g/mol. The van der Waals surface area contributed by atoms with Crippen LogP contribution in [0, 0.1) is 0 Å². The number of fused-ring (bicyclic) bond motifs is 1. The zero-order valence-electron chi connectivity index (χ0n) is 19.8. The summed E-state index contributed by atoms with van der Waals surface area (Å²) >= 11 is 6.63. The van der Waals surface area contributed by atoms with Gasteiger partial charge in [0.05, 0.1) is 16.0 Å². The third-order valence-corrected chi connectivity index (χ3v) is 6.81. The first-order chi connectivity index (χ1) is 15.1. The van der Waals surface area contributed by atoms with Crippen LogP contribution in [0.1, 0.15) is 69.8 Å². The van der Waals surface area contributed by atoms with E-state index in [0.717, 1.165) is 31.5 Å². The Labute approximate surface area is 195 Å². The number of nitrogens with zero attached hydrogens (tertiary/aromatic N) is 2. The molecule has 2 N–H and O–H groups in total. The first kappa shape index (κ1) is 24.5. The molecule has 1 fully saturated rings. The Balaban J connectivity index is 1.95. The number of halogens is 1. The van der Waals surface area contributed by atoms with Crippen molar-refractivity contribution in [3.63, 3.8) is 0 Å². The van der Waals surface area contributed by atoms with E-state index in [1.165, 1.54) is 0 Å². The molecule has 3 amide bonds. The summed E-state index contributed by atoms with van der Waals surface area (Å²) in [7, 11) is 0. The minimum Gasteiger partial charge on any atom is -0.354 e. The number of piperidine rings is 1. The third kappa shape index (κ3) is 4.64. The molecular formula is C24H35ClN4O3. The van der Waals surface area contributed by atoms with Crippen LogP contribution in [0.25, 0.3) is 0 Å². The van der Waals surface area contributed by atoms with Crippen LogP contribution in [-0.4, -0.2) is 60.9 Å². The fourth-order valence-corrected chi connectivity index (χ4v) is 4.94. The van der Waals surface area contributed by atoms with E-state index in [1.807, 2.05) is 32.6 Å². The number of anilines is 1. The first-order valence-electron chi connectivity index (χ1n) is 11.6. The molecular weight excluding hydrogens is 428 g/mol. The van der Waals surface area contributed by atoms with Gasteiger partial charge in [-0.2, -0.15) is 0 Å². The van der Waals surface area contributed by atoms with Crippen LogP contribution < -0.4 is 15.5 Å². The molecule has 0 bridgehead atoms. The molecule has 1 atom stereocenters. The van der Waals surface area contributed by atoms with Gasteiger partial charge in [0.1, 0.15) is 0 Å². The Kier molecular flexibility index (Phi) is 7.50. The number of carbonyl (C=O) groups excluding carboxylic acids is 3. The van der Waals surface area contributed by atoms with E-state index in [4.69, 9.17) is 11.6 Å². The van der Waals surface area contributed by atoms with Crippen LogP contribution in [-0.2, 0) is 15.0 Å². The molecule has 1 aromatic carbocycles. The molecule has 7 nitrogen and oxygen atoms in total. The summed E-state index contributed by atoms with van der Waals surface area (Å²) in [6, 6.07) is 3.67. The molecule has 1 saturated heterocycles. The second kappa shape index (κ2) is 9.79. The van der Waals surface area contributed by atoms with Gasteiger partial charge >= 0.3 is 0 Å². The van der Waals surface area contributed by atoms with Crippen molar-refractivity contribution >= 4 is 35.0 Å². The lowest BCUT2D eigenvalue weighted by molar-refractivity contribution is -0.123. The molecule has 0 spiro atoms. The minimum absolute atomic E-state index is 0.0233. The smallest absolute Gasteiger partial charge is 0.255 e. The predicted octanol–water partition coefficient (Wildman–Crippen LogP) is 3.09. The van der Waals surface area contributed by atoms with Crippen molar-refractivity contribution in [2.45, 2.75) is 71.4 Å². The van der Waals surface area contributed by atoms with E-state index in [-0.39, 0.29) is 29.8 Å². The summed E-state index contributed by atoms with van der Waals surface area (Å²) in [5, 5.41) is 6.57. The lowest BCUT2D eigenvalue weighted by atomic mass is 9.85. The van der Waals surface area contributed by atoms with Gasteiger partial charge in [-0.1, -0.05) is 18.5 Å². The molecule has 1 unspecified atom stereocenters. The molecule has 0 saturated carbocycles. The number of carbonyl (C=O) groups is 3. The predicted molar refractivity (Wildman–Crippen MR) is 127 cm³/mol. The summed E-state index contributed by atoms with van der Waals surface area (Å²) < 4.78 is 0. The maximum absolute atomic E-state index is 13.7. The minimum atomic E-state index is -0.750. The van der Waals surface area contributed by atoms with E-state index in [0.29, 0.717) is 35.8 Å². The van der Waals surface area contributed by atoms with Crippen LogP contribution in [0.4, 0.5) is 5.69 Å². The van der Waals surface area contributed by atoms with Gasteiger partial charge in [-0.05, 0) is 64.8 Å². The molecule has 32 heavy (non-hydrogen) atoms. The molecule has 8 heteroatoms. The Morgan fingerprint density at radius 2 is 2.06 bits per heavy atom. The quantitative estimate of drug-likeness (QED) is 0.652. The highest BCUT2D eigenvalue weighted by molar-refractivity contribution is 6.34.